The van der Waals surface area contributed by atoms with Crippen LogP contribution in [-0.4, -0.2) is 46.1 Å². The van der Waals surface area contributed by atoms with Crippen molar-refractivity contribution in [3.05, 3.63) is 65.2 Å². The number of aryl methyl sites for hydroxylation is 2. The van der Waals surface area contributed by atoms with Crippen LogP contribution in [0.5, 0.6) is 5.75 Å². The molecule has 0 aliphatic heterocycles. The third-order valence-corrected chi connectivity index (χ3v) is 5.94. The third kappa shape index (κ3) is 11.2. The molecule has 35 heavy (non-hydrogen) atoms. The second kappa shape index (κ2) is 13.0. The Balaban J connectivity index is 2.24. The van der Waals surface area contributed by atoms with Crippen molar-refractivity contribution in [2.24, 2.45) is 5.92 Å². The summed E-state index contributed by atoms with van der Waals surface area (Å²) in [6, 6.07) is 15.7. The normalized spacial score (nSPS) is 13.8. The monoisotopic (exact) mass is 506 g/mol. The van der Waals surface area contributed by atoms with Crippen molar-refractivity contribution in [3.8, 4) is 5.75 Å². The van der Waals surface area contributed by atoms with E-state index >= 15 is 0 Å². The zero-order valence-corrected chi connectivity index (χ0v) is 22.4. The van der Waals surface area contributed by atoms with Crippen LogP contribution in [0.3, 0.4) is 0 Å². The van der Waals surface area contributed by atoms with E-state index in [-0.39, 0.29) is 19.6 Å². The van der Waals surface area contributed by atoms with Gasteiger partial charge >= 0.3 is 5.97 Å². The minimum absolute atomic E-state index is 0.129. The van der Waals surface area contributed by atoms with Crippen molar-refractivity contribution in [3.63, 3.8) is 0 Å². The molecule has 2 atom stereocenters. The van der Waals surface area contributed by atoms with Gasteiger partial charge in [0.1, 0.15) is 11.4 Å². The van der Waals surface area contributed by atoms with Crippen molar-refractivity contribution >= 4 is 16.1 Å². The zero-order valence-electron chi connectivity index (χ0n) is 21.6. The average Bonchev–Trinajstić information content (AvgIpc) is 2.77. The second-order valence-corrected chi connectivity index (χ2v) is 11.3. The molecule has 194 valence electrons. The second-order valence-electron chi connectivity index (χ2n) is 9.68. The molecule has 0 spiro atoms. The summed E-state index contributed by atoms with van der Waals surface area (Å²) in [4.78, 5) is 13.2. The fraction of sp³-hybridized carbons (Fsp3) is 0.519. The van der Waals surface area contributed by atoms with Crippen LogP contribution in [0.1, 0.15) is 50.3 Å². The van der Waals surface area contributed by atoms with Gasteiger partial charge in [0, 0.05) is 0 Å². The third-order valence-electron chi connectivity index (χ3n) is 5.35. The molecular weight excluding hydrogens is 468 g/mol. The lowest BCUT2D eigenvalue weighted by Gasteiger charge is -2.29. The largest absolute Gasteiger partial charge is 0.497 e. The molecule has 7 nitrogen and oxygen atoms in total. The van der Waals surface area contributed by atoms with E-state index in [1.807, 2.05) is 43.3 Å². The fourth-order valence-electron chi connectivity index (χ4n) is 3.55. The summed E-state index contributed by atoms with van der Waals surface area (Å²) in [6.07, 6.45) is 1.89. The molecule has 0 radical (unpaired) electrons. The number of carbonyl (C=O) groups is 1. The zero-order chi connectivity index (χ0) is 26.1. The first kappa shape index (κ1) is 28.8. The van der Waals surface area contributed by atoms with E-state index in [1.165, 1.54) is 5.56 Å². The number of carbonyl (C=O) groups excluding carboxylic acids is 1. The number of rotatable bonds is 13. The van der Waals surface area contributed by atoms with Gasteiger partial charge in [0.15, 0.2) is 0 Å². The molecule has 0 fully saturated rings. The SMILES string of the molecule is COc1ccc(COC(CCc2ccc(C)cc2)C(CCOS(C)(=O)=O)C(=O)OC(C)(C)C)cc1. The maximum absolute atomic E-state index is 13.2. The first-order valence-electron chi connectivity index (χ1n) is 11.7. The summed E-state index contributed by atoms with van der Waals surface area (Å²) in [5.41, 5.74) is 2.54. The summed E-state index contributed by atoms with van der Waals surface area (Å²) < 4.78 is 45.1. The molecule has 2 aromatic carbocycles. The van der Waals surface area contributed by atoms with Gasteiger partial charge in [-0.3, -0.25) is 8.98 Å². The van der Waals surface area contributed by atoms with Gasteiger partial charge in [-0.2, -0.15) is 8.42 Å². The van der Waals surface area contributed by atoms with Gasteiger partial charge in [-0.15, -0.1) is 0 Å². The summed E-state index contributed by atoms with van der Waals surface area (Å²) in [5, 5.41) is 0. The van der Waals surface area contributed by atoms with Crippen molar-refractivity contribution in [2.45, 2.75) is 65.3 Å². The summed E-state index contributed by atoms with van der Waals surface area (Å²) in [5.74, 6) is -0.382. The van der Waals surface area contributed by atoms with Crippen molar-refractivity contribution in [2.75, 3.05) is 20.0 Å². The van der Waals surface area contributed by atoms with Crippen molar-refractivity contribution < 1.29 is 31.6 Å². The summed E-state index contributed by atoms with van der Waals surface area (Å²) in [7, 11) is -2.02. The molecular formula is C27H38O7S. The smallest absolute Gasteiger partial charge is 0.312 e. The molecule has 0 saturated carbocycles. The Bertz CT molecular complexity index is 1020. The molecule has 0 N–H and O–H groups in total. The average molecular weight is 507 g/mol. The topological polar surface area (TPSA) is 88.1 Å². The Labute approximate surface area is 209 Å². The predicted octanol–water partition coefficient (Wildman–Crippen LogP) is 4.85. The highest BCUT2D eigenvalue weighted by Crippen LogP contribution is 2.25. The van der Waals surface area contributed by atoms with Crippen LogP contribution < -0.4 is 4.74 Å². The Morgan fingerprint density at radius 2 is 1.54 bits per heavy atom. The standard InChI is InChI=1S/C27H38O7S/c1-20-7-9-21(10-8-20)13-16-25(32-19-22-11-14-23(31-5)15-12-22)24(17-18-33-35(6,29)30)26(28)34-27(2,3)4/h7-12,14-15,24-25H,13,16-19H2,1-6H3. The summed E-state index contributed by atoms with van der Waals surface area (Å²) in [6.45, 7) is 7.59. The molecule has 0 heterocycles. The molecule has 0 bridgehead atoms. The lowest BCUT2D eigenvalue weighted by molar-refractivity contribution is -0.167. The molecule has 0 saturated heterocycles. The number of hydrogen-bond donors (Lipinski definition) is 0. The Morgan fingerprint density at radius 3 is 2.09 bits per heavy atom. The Kier molecular flexibility index (Phi) is 10.7. The van der Waals surface area contributed by atoms with Gasteiger partial charge in [0.2, 0.25) is 0 Å². The van der Waals surface area contributed by atoms with Gasteiger partial charge in [-0.05, 0) is 70.2 Å². The van der Waals surface area contributed by atoms with E-state index in [4.69, 9.17) is 18.4 Å². The molecule has 2 rings (SSSR count). The van der Waals surface area contributed by atoms with Gasteiger partial charge in [-0.25, -0.2) is 0 Å². The fourth-order valence-corrected chi connectivity index (χ4v) is 3.95. The van der Waals surface area contributed by atoms with Gasteiger partial charge in [-0.1, -0.05) is 42.0 Å². The molecule has 0 aliphatic rings. The first-order chi connectivity index (χ1) is 16.4. The van der Waals surface area contributed by atoms with Crippen LogP contribution in [0.25, 0.3) is 0 Å². The highest BCUT2D eigenvalue weighted by molar-refractivity contribution is 7.85. The Hall–Kier alpha value is -2.42. The summed E-state index contributed by atoms with van der Waals surface area (Å²) >= 11 is 0. The van der Waals surface area contributed by atoms with Crippen LogP contribution >= 0.6 is 0 Å². The van der Waals surface area contributed by atoms with E-state index in [2.05, 4.69) is 12.1 Å². The molecule has 0 aliphatic carbocycles. The minimum atomic E-state index is -3.63. The number of hydrogen-bond acceptors (Lipinski definition) is 7. The number of ether oxygens (including phenoxy) is 3. The van der Waals surface area contributed by atoms with E-state index in [1.54, 1.807) is 27.9 Å². The first-order valence-corrected chi connectivity index (χ1v) is 13.6. The van der Waals surface area contributed by atoms with Gasteiger partial charge in [0.05, 0.1) is 38.6 Å². The van der Waals surface area contributed by atoms with E-state index in [9.17, 15) is 13.2 Å². The lowest BCUT2D eigenvalue weighted by Crippen LogP contribution is -2.37. The molecule has 2 unspecified atom stereocenters. The van der Waals surface area contributed by atoms with E-state index in [0.29, 0.717) is 12.8 Å². The van der Waals surface area contributed by atoms with Crippen molar-refractivity contribution in [1.82, 2.24) is 0 Å². The van der Waals surface area contributed by atoms with Crippen LogP contribution in [0.2, 0.25) is 0 Å². The number of esters is 1. The predicted molar refractivity (Wildman–Crippen MR) is 136 cm³/mol. The maximum atomic E-state index is 13.2. The van der Waals surface area contributed by atoms with E-state index < -0.39 is 33.7 Å². The van der Waals surface area contributed by atoms with Gasteiger partial charge in [0.25, 0.3) is 10.1 Å². The Morgan fingerprint density at radius 1 is 0.943 bits per heavy atom. The highest BCUT2D eigenvalue weighted by atomic mass is 32.2. The molecule has 0 amide bonds. The quantitative estimate of drug-likeness (QED) is 0.284. The highest BCUT2D eigenvalue weighted by Gasteiger charge is 2.33. The molecule has 0 aromatic heterocycles. The maximum Gasteiger partial charge on any atom is 0.312 e. The molecule has 8 heteroatoms. The van der Waals surface area contributed by atoms with E-state index in [0.717, 1.165) is 23.1 Å². The van der Waals surface area contributed by atoms with Crippen LogP contribution in [0, 0.1) is 12.8 Å². The number of methoxy groups -OCH3 is 1. The molecule has 2 aromatic rings. The van der Waals surface area contributed by atoms with Crippen molar-refractivity contribution in [1.29, 1.82) is 0 Å². The van der Waals surface area contributed by atoms with Crippen LogP contribution in [0.4, 0.5) is 0 Å². The van der Waals surface area contributed by atoms with Crippen LogP contribution in [-0.2, 0) is 41.6 Å². The number of benzene rings is 2. The lowest BCUT2D eigenvalue weighted by atomic mass is 9.93. The van der Waals surface area contributed by atoms with Crippen LogP contribution in [0.15, 0.2) is 48.5 Å². The minimum Gasteiger partial charge on any atom is -0.497 e. The van der Waals surface area contributed by atoms with Gasteiger partial charge < -0.3 is 14.2 Å².